The summed E-state index contributed by atoms with van der Waals surface area (Å²) in [5.41, 5.74) is 5.30. The standard InChI is InChI=1S/C17H19Br/c1-12(2)14-8-10-16(11-9-14)17(18)15-6-4-13(3)5-7-15/h4-12,17H,1-3H3. The number of hydrogen-bond donors (Lipinski definition) is 0. The van der Waals surface area contributed by atoms with Crippen molar-refractivity contribution >= 4 is 15.9 Å². The van der Waals surface area contributed by atoms with Crippen LogP contribution in [0.4, 0.5) is 0 Å². The number of hydrogen-bond acceptors (Lipinski definition) is 0. The van der Waals surface area contributed by atoms with E-state index in [2.05, 4.69) is 85.2 Å². The molecule has 0 bridgehead atoms. The minimum Gasteiger partial charge on any atom is -0.0786 e. The van der Waals surface area contributed by atoms with Crippen LogP contribution in [0.5, 0.6) is 0 Å². The lowest BCUT2D eigenvalue weighted by Crippen LogP contribution is -1.94. The van der Waals surface area contributed by atoms with Crippen molar-refractivity contribution in [2.45, 2.75) is 31.5 Å². The molecule has 0 fully saturated rings. The van der Waals surface area contributed by atoms with Crippen LogP contribution >= 0.6 is 15.9 Å². The van der Waals surface area contributed by atoms with E-state index < -0.39 is 0 Å². The van der Waals surface area contributed by atoms with Crippen LogP contribution in [0.25, 0.3) is 0 Å². The molecule has 94 valence electrons. The zero-order valence-corrected chi connectivity index (χ0v) is 12.7. The van der Waals surface area contributed by atoms with Gasteiger partial charge in [0, 0.05) is 0 Å². The maximum absolute atomic E-state index is 3.78. The molecular formula is C17H19Br. The predicted octanol–water partition coefficient (Wildman–Crippen LogP) is 5.60. The molecule has 0 aromatic heterocycles. The van der Waals surface area contributed by atoms with Gasteiger partial charge in [-0.25, -0.2) is 0 Å². The molecule has 0 aliphatic rings. The van der Waals surface area contributed by atoms with Gasteiger partial charge >= 0.3 is 0 Å². The number of benzene rings is 2. The highest BCUT2D eigenvalue weighted by Gasteiger charge is 2.10. The summed E-state index contributed by atoms with van der Waals surface area (Å²) in [4.78, 5) is 0.277. The maximum Gasteiger partial charge on any atom is 0.0644 e. The molecule has 0 nitrogen and oxygen atoms in total. The molecule has 2 aromatic rings. The first-order valence-electron chi connectivity index (χ1n) is 6.38. The van der Waals surface area contributed by atoms with E-state index in [4.69, 9.17) is 0 Å². The summed E-state index contributed by atoms with van der Waals surface area (Å²) >= 11 is 3.78. The van der Waals surface area contributed by atoms with Gasteiger partial charge in [0.1, 0.15) is 0 Å². The Morgan fingerprint density at radius 1 is 0.722 bits per heavy atom. The van der Waals surface area contributed by atoms with Gasteiger partial charge in [-0.05, 0) is 29.5 Å². The van der Waals surface area contributed by atoms with Crippen LogP contribution < -0.4 is 0 Å². The second-order valence-electron chi connectivity index (χ2n) is 5.09. The van der Waals surface area contributed by atoms with Crippen molar-refractivity contribution in [1.29, 1.82) is 0 Å². The summed E-state index contributed by atoms with van der Waals surface area (Å²) < 4.78 is 0. The average Bonchev–Trinajstić information content (AvgIpc) is 2.39. The molecule has 0 aliphatic heterocycles. The molecule has 0 N–H and O–H groups in total. The van der Waals surface area contributed by atoms with Crippen LogP contribution in [-0.2, 0) is 0 Å². The van der Waals surface area contributed by atoms with Crippen molar-refractivity contribution in [3.8, 4) is 0 Å². The highest BCUT2D eigenvalue weighted by atomic mass is 79.9. The van der Waals surface area contributed by atoms with Crippen LogP contribution in [-0.4, -0.2) is 0 Å². The van der Waals surface area contributed by atoms with Crippen molar-refractivity contribution in [2.24, 2.45) is 0 Å². The quantitative estimate of drug-likeness (QED) is 0.647. The van der Waals surface area contributed by atoms with Crippen molar-refractivity contribution in [1.82, 2.24) is 0 Å². The van der Waals surface area contributed by atoms with Crippen molar-refractivity contribution in [3.63, 3.8) is 0 Å². The average molecular weight is 303 g/mol. The van der Waals surface area contributed by atoms with Gasteiger partial charge in [0.25, 0.3) is 0 Å². The molecule has 0 saturated carbocycles. The Kier molecular flexibility index (Phi) is 4.23. The largest absolute Gasteiger partial charge is 0.0786 e. The Morgan fingerprint density at radius 2 is 1.11 bits per heavy atom. The molecule has 18 heavy (non-hydrogen) atoms. The van der Waals surface area contributed by atoms with Gasteiger partial charge < -0.3 is 0 Å². The molecular weight excluding hydrogens is 284 g/mol. The Hall–Kier alpha value is -1.08. The topological polar surface area (TPSA) is 0 Å². The fourth-order valence-corrected chi connectivity index (χ4v) is 2.59. The van der Waals surface area contributed by atoms with Gasteiger partial charge in [-0.15, -0.1) is 0 Å². The van der Waals surface area contributed by atoms with Gasteiger partial charge in [0.15, 0.2) is 0 Å². The van der Waals surface area contributed by atoms with E-state index in [-0.39, 0.29) is 4.83 Å². The van der Waals surface area contributed by atoms with Crippen molar-refractivity contribution in [3.05, 3.63) is 70.8 Å². The lowest BCUT2D eigenvalue weighted by Gasteiger charge is -2.13. The molecule has 0 aliphatic carbocycles. The zero-order chi connectivity index (χ0) is 13.1. The fourth-order valence-electron chi connectivity index (χ4n) is 1.98. The summed E-state index contributed by atoms with van der Waals surface area (Å²) in [6, 6.07) is 17.6. The van der Waals surface area contributed by atoms with Gasteiger partial charge in [0.05, 0.1) is 4.83 Å². The number of alkyl halides is 1. The second kappa shape index (κ2) is 5.71. The van der Waals surface area contributed by atoms with E-state index in [9.17, 15) is 0 Å². The van der Waals surface area contributed by atoms with Crippen LogP contribution in [0.3, 0.4) is 0 Å². The second-order valence-corrected chi connectivity index (χ2v) is 6.01. The summed E-state index contributed by atoms with van der Waals surface area (Å²) in [5, 5.41) is 0. The third-order valence-corrected chi connectivity index (χ3v) is 4.32. The minimum absolute atomic E-state index is 0.277. The highest BCUT2D eigenvalue weighted by molar-refractivity contribution is 9.09. The Balaban J connectivity index is 2.23. The number of aryl methyl sites for hydroxylation is 1. The van der Waals surface area contributed by atoms with Crippen molar-refractivity contribution < 1.29 is 0 Å². The van der Waals surface area contributed by atoms with E-state index in [1.54, 1.807) is 0 Å². The Morgan fingerprint density at radius 3 is 1.56 bits per heavy atom. The highest BCUT2D eigenvalue weighted by Crippen LogP contribution is 2.31. The summed E-state index contributed by atoms with van der Waals surface area (Å²) in [5.74, 6) is 0.590. The van der Waals surface area contributed by atoms with Gasteiger partial charge in [-0.2, -0.15) is 0 Å². The third kappa shape index (κ3) is 3.02. The molecule has 2 aromatic carbocycles. The van der Waals surface area contributed by atoms with Crippen LogP contribution in [0.2, 0.25) is 0 Å². The molecule has 0 amide bonds. The van der Waals surface area contributed by atoms with E-state index in [0.717, 1.165) is 0 Å². The van der Waals surface area contributed by atoms with E-state index >= 15 is 0 Å². The fraction of sp³-hybridized carbons (Fsp3) is 0.294. The van der Waals surface area contributed by atoms with Gasteiger partial charge in [-0.1, -0.05) is 83.9 Å². The van der Waals surface area contributed by atoms with Crippen LogP contribution in [0.1, 0.15) is 46.8 Å². The number of rotatable bonds is 3. The predicted molar refractivity (Wildman–Crippen MR) is 82.5 cm³/mol. The van der Waals surface area contributed by atoms with Crippen molar-refractivity contribution in [2.75, 3.05) is 0 Å². The lowest BCUT2D eigenvalue weighted by atomic mass is 9.98. The Labute approximate surface area is 118 Å². The molecule has 1 unspecified atom stereocenters. The summed E-state index contributed by atoms with van der Waals surface area (Å²) in [6.07, 6.45) is 0. The molecule has 1 heteroatoms. The van der Waals surface area contributed by atoms with Crippen LogP contribution in [0, 0.1) is 6.92 Å². The third-order valence-electron chi connectivity index (χ3n) is 3.27. The maximum atomic E-state index is 3.78. The van der Waals surface area contributed by atoms with E-state index in [1.165, 1.54) is 22.3 Å². The monoisotopic (exact) mass is 302 g/mol. The molecule has 0 spiro atoms. The van der Waals surface area contributed by atoms with E-state index in [0.29, 0.717) is 5.92 Å². The normalized spacial score (nSPS) is 12.7. The molecule has 0 radical (unpaired) electrons. The van der Waals surface area contributed by atoms with E-state index in [1.807, 2.05) is 0 Å². The molecule has 2 rings (SSSR count). The zero-order valence-electron chi connectivity index (χ0n) is 11.2. The SMILES string of the molecule is Cc1ccc(C(Br)c2ccc(C(C)C)cc2)cc1. The summed E-state index contributed by atoms with van der Waals surface area (Å²) in [6.45, 7) is 6.56. The molecule has 0 saturated heterocycles. The van der Waals surface area contributed by atoms with Gasteiger partial charge in [-0.3, -0.25) is 0 Å². The minimum atomic E-state index is 0.277. The first-order chi connectivity index (χ1) is 8.58. The summed E-state index contributed by atoms with van der Waals surface area (Å²) in [7, 11) is 0. The van der Waals surface area contributed by atoms with Crippen LogP contribution in [0.15, 0.2) is 48.5 Å². The molecule has 0 heterocycles. The first kappa shape index (κ1) is 13.4. The molecule has 1 atom stereocenters. The Bertz CT molecular complexity index is 494. The smallest absolute Gasteiger partial charge is 0.0644 e. The number of halogens is 1. The lowest BCUT2D eigenvalue weighted by molar-refractivity contribution is 0.865. The van der Waals surface area contributed by atoms with Gasteiger partial charge in [0.2, 0.25) is 0 Å². The first-order valence-corrected chi connectivity index (χ1v) is 7.30.